The van der Waals surface area contributed by atoms with Crippen LogP contribution in [0.1, 0.15) is 25.8 Å². The fourth-order valence-electron chi connectivity index (χ4n) is 4.62. The first-order valence-electron chi connectivity index (χ1n) is 11.8. The number of carbonyl (C=O) groups excluding carboxylic acids is 2. The second-order valence-electron chi connectivity index (χ2n) is 8.92. The van der Waals surface area contributed by atoms with E-state index in [0.29, 0.717) is 42.4 Å². The predicted molar refractivity (Wildman–Crippen MR) is 134 cm³/mol. The lowest BCUT2D eigenvalue weighted by Crippen LogP contribution is -2.41. The van der Waals surface area contributed by atoms with Crippen LogP contribution in [0.25, 0.3) is 22.0 Å². The number of nitrogens with zero attached hydrogens (tertiary/aromatic N) is 4. The van der Waals surface area contributed by atoms with E-state index in [-0.39, 0.29) is 29.0 Å². The molecule has 0 saturated carbocycles. The van der Waals surface area contributed by atoms with Gasteiger partial charge in [0.25, 0.3) is 15.9 Å². The van der Waals surface area contributed by atoms with Gasteiger partial charge in [-0.25, -0.2) is 16.8 Å². The van der Waals surface area contributed by atoms with Gasteiger partial charge in [-0.15, -0.1) is 0 Å². The molecule has 3 heterocycles. The third-order valence-electron chi connectivity index (χ3n) is 6.54. The molecule has 0 radical (unpaired) electrons. The van der Waals surface area contributed by atoms with Gasteiger partial charge in [0.15, 0.2) is 6.61 Å². The normalized spacial score (nSPS) is 14.7. The second-order valence-corrected chi connectivity index (χ2v) is 10.7. The average Bonchev–Trinajstić information content (AvgIpc) is 3.53. The number of rotatable bonds is 6. The minimum Gasteiger partial charge on any atom is -0.456 e. The van der Waals surface area contributed by atoms with Crippen LogP contribution in [0, 0.1) is 5.82 Å². The number of hydrogen-bond donors (Lipinski definition) is 0. The zero-order chi connectivity index (χ0) is 26.2. The fourth-order valence-corrected chi connectivity index (χ4v) is 6.00. The maximum Gasteiger partial charge on any atom is 0.303 e. The quantitative estimate of drug-likeness (QED) is 0.357. The summed E-state index contributed by atoms with van der Waals surface area (Å²) in [5, 5.41) is 5.10. The lowest BCUT2D eigenvalue weighted by molar-refractivity contribution is -0.150. The summed E-state index contributed by atoms with van der Waals surface area (Å²) in [4.78, 5) is 24.9. The molecule has 5 rings (SSSR count). The molecule has 192 valence electrons. The molecule has 1 aliphatic heterocycles. The maximum absolute atomic E-state index is 14.2. The van der Waals surface area contributed by atoms with Crippen LogP contribution in [-0.4, -0.2) is 58.6 Å². The third-order valence-corrected chi connectivity index (χ3v) is 8.22. The average molecular weight is 525 g/mol. The number of aromatic nitrogens is 3. The molecule has 1 amide bonds. The number of benzene rings is 2. The lowest BCUT2D eigenvalue weighted by atomic mass is 10.0. The Kier molecular flexibility index (Phi) is 6.55. The van der Waals surface area contributed by atoms with Crippen LogP contribution < -0.4 is 0 Å². The van der Waals surface area contributed by atoms with Gasteiger partial charge in [-0.1, -0.05) is 18.2 Å². The minimum absolute atomic E-state index is 0.0466. The van der Waals surface area contributed by atoms with E-state index in [1.165, 1.54) is 37.4 Å². The van der Waals surface area contributed by atoms with E-state index in [1.54, 1.807) is 35.4 Å². The molecule has 2 aromatic carbocycles. The molecule has 0 aliphatic carbocycles. The predicted octanol–water partition coefficient (Wildman–Crippen LogP) is 3.61. The van der Waals surface area contributed by atoms with E-state index < -0.39 is 21.8 Å². The van der Waals surface area contributed by atoms with Crippen molar-refractivity contribution in [1.82, 2.24) is 18.7 Å². The zero-order valence-corrected chi connectivity index (χ0v) is 20.9. The van der Waals surface area contributed by atoms with Gasteiger partial charge in [0.05, 0.1) is 22.7 Å². The van der Waals surface area contributed by atoms with Crippen molar-refractivity contribution in [3.8, 4) is 11.1 Å². The number of hydrogen-bond acceptors (Lipinski definition) is 6. The van der Waals surface area contributed by atoms with Gasteiger partial charge in [-0.05, 0) is 43.2 Å². The summed E-state index contributed by atoms with van der Waals surface area (Å²) in [6.45, 7) is 2.02. The minimum atomic E-state index is -3.95. The van der Waals surface area contributed by atoms with Crippen LogP contribution in [0.15, 0.2) is 72.0 Å². The van der Waals surface area contributed by atoms with Crippen molar-refractivity contribution in [1.29, 1.82) is 0 Å². The van der Waals surface area contributed by atoms with Gasteiger partial charge in [-0.2, -0.15) is 5.10 Å². The molecule has 11 heteroatoms. The summed E-state index contributed by atoms with van der Waals surface area (Å²) in [5.41, 5.74) is 1.56. The van der Waals surface area contributed by atoms with Crippen molar-refractivity contribution in [2.75, 3.05) is 19.7 Å². The number of likely N-dealkylation sites (tertiary alicyclic amines) is 1. The first kappa shape index (κ1) is 24.7. The molecule has 0 unspecified atom stereocenters. The summed E-state index contributed by atoms with van der Waals surface area (Å²) >= 11 is 0. The largest absolute Gasteiger partial charge is 0.456 e. The molecule has 4 aromatic rings. The molecular formula is C26H25FN4O5S. The van der Waals surface area contributed by atoms with Gasteiger partial charge in [0, 0.05) is 48.9 Å². The molecule has 1 aliphatic rings. The molecule has 2 aromatic heterocycles. The Morgan fingerprint density at radius 1 is 1.08 bits per heavy atom. The number of piperidine rings is 1. The topological polar surface area (TPSA) is 104 Å². The van der Waals surface area contributed by atoms with Crippen LogP contribution in [0.2, 0.25) is 0 Å². The molecule has 0 spiro atoms. The molecule has 0 bridgehead atoms. The molecule has 1 saturated heterocycles. The van der Waals surface area contributed by atoms with Crippen molar-refractivity contribution in [3.05, 3.63) is 72.9 Å². The Balaban J connectivity index is 1.41. The van der Waals surface area contributed by atoms with Crippen molar-refractivity contribution >= 4 is 32.8 Å². The number of esters is 1. The highest BCUT2D eigenvalue weighted by molar-refractivity contribution is 7.90. The molecule has 1 fully saturated rings. The SMILES string of the molecule is CC(=O)OCC(=O)N1CCC(n2cc(-c3cn(S(=O)(=O)c4ccccc4)c4cc(F)ccc34)cn2)CC1. The smallest absolute Gasteiger partial charge is 0.303 e. The van der Waals surface area contributed by atoms with Crippen LogP contribution in [0.4, 0.5) is 4.39 Å². The van der Waals surface area contributed by atoms with E-state index in [2.05, 4.69) is 5.10 Å². The molecule has 0 N–H and O–H groups in total. The number of halogens is 1. The monoisotopic (exact) mass is 524 g/mol. The van der Waals surface area contributed by atoms with E-state index in [0.717, 1.165) is 3.97 Å². The van der Waals surface area contributed by atoms with E-state index in [1.807, 2.05) is 10.9 Å². The van der Waals surface area contributed by atoms with Gasteiger partial charge < -0.3 is 9.64 Å². The summed E-state index contributed by atoms with van der Waals surface area (Å²) in [6.07, 6.45) is 6.35. The second kappa shape index (κ2) is 9.81. The number of ether oxygens (including phenoxy) is 1. The van der Waals surface area contributed by atoms with Crippen molar-refractivity contribution in [2.24, 2.45) is 0 Å². The third kappa shape index (κ3) is 4.86. The number of amides is 1. The van der Waals surface area contributed by atoms with Crippen LogP contribution in [0.5, 0.6) is 0 Å². The zero-order valence-electron chi connectivity index (χ0n) is 20.1. The van der Waals surface area contributed by atoms with Crippen molar-refractivity contribution < 1.29 is 27.1 Å². The van der Waals surface area contributed by atoms with Crippen LogP contribution >= 0.6 is 0 Å². The highest BCUT2D eigenvalue weighted by Gasteiger charge is 2.26. The summed E-state index contributed by atoms with van der Waals surface area (Å²) in [7, 11) is -3.95. The maximum atomic E-state index is 14.2. The highest BCUT2D eigenvalue weighted by atomic mass is 32.2. The van der Waals surface area contributed by atoms with Gasteiger partial charge in [-0.3, -0.25) is 14.3 Å². The Morgan fingerprint density at radius 3 is 2.51 bits per heavy atom. The van der Waals surface area contributed by atoms with Gasteiger partial charge in [0.1, 0.15) is 5.82 Å². The number of fused-ring (bicyclic) bond motifs is 1. The standard InChI is InChI=1S/C26H25FN4O5S/c1-18(32)36-17-26(33)29-11-9-21(10-12-29)30-15-19(14-28-30)24-16-31(25-13-20(27)7-8-23(24)25)37(34,35)22-5-3-2-4-6-22/h2-8,13-16,21H,9-12,17H2,1H3. The Morgan fingerprint density at radius 2 is 1.81 bits per heavy atom. The highest BCUT2D eigenvalue weighted by Crippen LogP contribution is 2.34. The van der Waals surface area contributed by atoms with Crippen molar-refractivity contribution in [2.45, 2.75) is 30.7 Å². The van der Waals surface area contributed by atoms with E-state index in [9.17, 15) is 22.4 Å². The van der Waals surface area contributed by atoms with E-state index >= 15 is 0 Å². The van der Waals surface area contributed by atoms with Gasteiger partial charge >= 0.3 is 5.97 Å². The van der Waals surface area contributed by atoms with Crippen molar-refractivity contribution in [3.63, 3.8) is 0 Å². The summed E-state index contributed by atoms with van der Waals surface area (Å²) in [5.74, 6) is -1.25. The van der Waals surface area contributed by atoms with Gasteiger partial charge in [0.2, 0.25) is 0 Å². The Bertz CT molecular complexity index is 1570. The van der Waals surface area contributed by atoms with Crippen LogP contribution in [0.3, 0.4) is 0 Å². The first-order valence-corrected chi connectivity index (χ1v) is 13.2. The molecule has 37 heavy (non-hydrogen) atoms. The molecular weight excluding hydrogens is 499 g/mol. The summed E-state index contributed by atoms with van der Waals surface area (Å²) < 4.78 is 48.7. The molecule has 0 atom stereocenters. The van der Waals surface area contributed by atoms with Crippen LogP contribution in [-0.2, 0) is 24.3 Å². The summed E-state index contributed by atoms with van der Waals surface area (Å²) in [6, 6.07) is 12.1. The lowest BCUT2D eigenvalue weighted by Gasteiger charge is -2.31. The number of carbonyl (C=O) groups is 2. The fraction of sp³-hybridized carbons (Fsp3) is 0.269. The first-order chi connectivity index (χ1) is 17.7. The van der Waals surface area contributed by atoms with E-state index in [4.69, 9.17) is 4.74 Å². The molecule has 9 nitrogen and oxygen atoms in total. The Labute approximate surface area is 213 Å². The Hall–Kier alpha value is -3.99.